The molecule has 0 N–H and O–H groups in total. The van der Waals surface area contributed by atoms with Crippen LogP contribution in [0.4, 0.5) is 0 Å². The lowest BCUT2D eigenvalue weighted by atomic mass is 10.2. The number of methoxy groups -OCH3 is 1. The molecule has 2 aromatic heterocycles. The van der Waals surface area contributed by atoms with E-state index in [0.717, 1.165) is 14.2 Å². The Balaban J connectivity index is 2.48. The molecule has 0 radical (unpaired) electrons. The summed E-state index contributed by atoms with van der Waals surface area (Å²) in [7, 11) is 1.58. The molecule has 0 amide bonds. The summed E-state index contributed by atoms with van der Waals surface area (Å²) in [4.78, 5) is 5.15. The van der Waals surface area contributed by atoms with Gasteiger partial charge in [-0.2, -0.15) is 0 Å². The van der Waals surface area contributed by atoms with Gasteiger partial charge in [-0.05, 0) is 34.1 Å². The highest BCUT2D eigenvalue weighted by Gasteiger charge is 2.05. The molecule has 0 atom stereocenters. The zero-order valence-electron chi connectivity index (χ0n) is 7.83. The summed E-state index contributed by atoms with van der Waals surface area (Å²) in [6, 6.07) is 7.72. The summed E-state index contributed by atoms with van der Waals surface area (Å²) in [5.74, 6) is 0.530. The third-order valence-electron chi connectivity index (χ3n) is 1.84. The van der Waals surface area contributed by atoms with E-state index in [4.69, 9.17) is 16.3 Å². The number of hydrogen-bond donors (Lipinski definition) is 0. The topological polar surface area (TPSA) is 22.1 Å². The van der Waals surface area contributed by atoms with E-state index < -0.39 is 0 Å². The standard InChI is InChI=1S/C10H7BrClNOS/c1-14-10-5-6(4-9(12)13-10)7-2-3-8(11)15-7/h2-5H,1H3. The average Bonchev–Trinajstić information content (AvgIpc) is 2.64. The SMILES string of the molecule is COc1cc(-c2ccc(Br)s2)cc(Cl)n1. The molecular formula is C10H7BrClNOS. The zero-order valence-corrected chi connectivity index (χ0v) is 11.0. The summed E-state index contributed by atoms with van der Waals surface area (Å²) in [6.45, 7) is 0. The van der Waals surface area contributed by atoms with Crippen molar-refractivity contribution in [1.29, 1.82) is 0 Å². The number of aromatic nitrogens is 1. The smallest absolute Gasteiger partial charge is 0.215 e. The maximum absolute atomic E-state index is 5.89. The van der Waals surface area contributed by atoms with Gasteiger partial charge in [0.15, 0.2) is 0 Å². The van der Waals surface area contributed by atoms with E-state index in [0.29, 0.717) is 11.0 Å². The van der Waals surface area contributed by atoms with Gasteiger partial charge in [-0.1, -0.05) is 11.6 Å². The molecule has 5 heteroatoms. The quantitative estimate of drug-likeness (QED) is 0.774. The van der Waals surface area contributed by atoms with Crippen molar-refractivity contribution in [1.82, 2.24) is 4.98 Å². The van der Waals surface area contributed by atoms with Gasteiger partial charge in [0.05, 0.1) is 10.9 Å². The van der Waals surface area contributed by atoms with Gasteiger partial charge < -0.3 is 4.74 Å². The monoisotopic (exact) mass is 303 g/mol. The molecule has 0 spiro atoms. The van der Waals surface area contributed by atoms with Crippen molar-refractivity contribution < 1.29 is 4.74 Å². The minimum Gasteiger partial charge on any atom is -0.481 e. The van der Waals surface area contributed by atoms with E-state index in [1.807, 2.05) is 24.3 Å². The Hall–Kier alpha value is -0.580. The van der Waals surface area contributed by atoms with Crippen molar-refractivity contribution in [2.75, 3.05) is 7.11 Å². The second kappa shape index (κ2) is 4.51. The Morgan fingerprint density at radius 2 is 2.20 bits per heavy atom. The van der Waals surface area contributed by atoms with Gasteiger partial charge in [0.2, 0.25) is 5.88 Å². The molecule has 0 saturated carbocycles. The van der Waals surface area contributed by atoms with E-state index in [-0.39, 0.29) is 0 Å². The van der Waals surface area contributed by atoms with Crippen molar-refractivity contribution in [3.05, 3.63) is 33.2 Å². The molecule has 0 saturated heterocycles. The number of hydrogen-bond acceptors (Lipinski definition) is 3. The van der Waals surface area contributed by atoms with Crippen molar-refractivity contribution in [2.45, 2.75) is 0 Å². The second-order valence-corrected chi connectivity index (χ2v) is 5.67. The first-order valence-corrected chi connectivity index (χ1v) is 6.15. The number of nitrogens with zero attached hydrogens (tertiary/aromatic N) is 1. The van der Waals surface area contributed by atoms with Crippen LogP contribution in [-0.2, 0) is 0 Å². The molecule has 0 unspecified atom stereocenters. The highest BCUT2D eigenvalue weighted by Crippen LogP contribution is 2.33. The highest BCUT2D eigenvalue weighted by molar-refractivity contribution is 9.11. The maximum Gasteiger partial charge on any atom is 0.215 e. The molecule has 0 aliphatic rings. The minimum atomic E-state index is 0.439. The molecule has 0 fully saturated rings. The number of ether oxygens (including phenoxy) is 1. The average molecular weight is 305 g/mol. The first-order valence-electron chi connectivity index (χ1n) is 4.16. The zero-order chi connectivity index (χ0) is 10.8. The van der Waals surface area contributed by atoms with Crippen molar-refractivity contribution >= 4 is 38.9 Å². The lowest BCUT2D eigenvalue weighted by Crippen LogP contribution is -1.88. The maximum atomic E-state index is 5.89. The molecular weight excluding hydrogens is 298 g/mol. The summed E-state index contributed by atoms with van der Waals surface area (Å²) < 4.78 is 6.15. The number of halogens is 2. The molecule has 15 heavy (non-hydrogen) atoms. The van der Waals surface area contributed by atoms with E-state index in [1.165, 1.54) is 0 Å². The van der Waals surface area contributed by atoms with Gasteiger partial charge in [-0.15, -0.1) is 11.3 Å². The predicted octanol–water partition coefficient (Wildman–Crippen LogP) is 4.23. The lowest BCUT2D eigenvalue weighted by Gasteiger charge is -2.02. The van der Waals surface area contributed by atoms with Crippen LogP contribution in [0, 0.1) is 0 Å². The first-order chi connectivity index (χ1) is 7.19. The fourth-order valence-corrected chi connectivity index (χ4v) is 2.76. The van der Waals surface area contributed by atoms with Crippen LogP contribution in [0.15, 0.2) is 28.1 Å². The van der Waals surface area contributed by atoms with E-state index in [9.17, 15) is 0 Å². The first kappa shape index (κ1) is 10.9. The van der Waals surface area contributed by atoms with Crippen molar-refractivity contribution in [3.63, 3.8) is 0 Å². The molecule has 0 bridgehead atoms. The van der Waals surface area contributed by atoms with Crippen LogP contribution in [0.1, 0.15) is 0 Å². The molecule has 2 nitrogen and oxygen atoms in total. The molecule has 78 valence electrons. The fraction of sp³-hybridized carbons (Fsp3) is 0.100. The Labute approximate surface area is 105 Å². The van der Waals surface area contributed by atoms with Crippen LogP contribution < -0.4 is 4.74 Å². The molecule has 0 aliphatic carbocycles. The number of rotatable bonds is 2. The van der Waals surface area contributed by atoms with Crippen molar-refractivity contribution in [3.8, 4) is 16.3 Å². The second-order valence-electron chi connectivity index (χ2n) is 2.82. The van der Waals surface area contributed by atoms with E-state index >= 15 is 0 Å². The van der Waals surface area contributed by atoms with E-state index in [1.54, 1.807) is 18.4 Å². The third kappa shape index (κ3) is 2.51. The Bertz CT molecular complexity index is 486. The number of thiophene rings is 1. The highest BCUT2D eigenvalue weighted by atomic mass is 79.9. The Kier molecular flexibility index (Phi) is 3.29. The van der Waals surface area contributed by atoms with E-state index in [2.05, 4.69) is 20.9 Å². The van der Waals surface area contributed by atoms with Crippen LogP contribution in [0.2, 0.25) is 5.15 Å². The fourth-order valence-electron chi connectivity index (χ4n) is 1.19. The van der Waals surface area contributed by atoms with Crippen LogP contribution in [0.25, 0.3) is 10.4 Å². The van der Waals surface area contributed by atoms with Gasteiger partial charge in [0.1, 0.15) is 5.15 Å². The lowest BCUT2D eigenvalue weighted by molar-refractivity contribution is 0.398. The third-order valence-corrected chi connectivity index (χ3v) is 3.70. The van der Waals surface area contributed by atoms with Gasteiger partial charge in [-0.25, -0.2) is 4.98 Å². The number of pyridine rings is 1. The van der Waals surface area contributed by atoms with Gasteiger partial charge >= 0.3 is 0 Å². The molecule has 0 aliphatic heterocycles. The summed E-state index contributed by atoms with van der Waals surface area (Å²) in [5.41, 5.74) is 1.02. The van der Waals surface area contributed by atoms with Gasteiger partial charge in [0.25, 0.3) is 0 Å². The Morgan fingerprint density at radius 3 is 2.80 bits per heavy atom. The Morgan fingerprint density at radius 1 is 1.40 bits per heavy atom. The van der Waals surface area contributed by atoms with Crippen molar-refractivity contribution in [2.24, 2.45) is 0 Å². The van der Waals surface area contributed by atoms with Gasteiger partial charge in [0, 0.05) is 16.5 Å². The summed E-state index contributed by atoms with van der Waals surface area (Å²) in [6.07, 6.45) is 0. The predicted molar refractivity (Wildman–Crippen MR) is 66.8 cm³/mol. The molecule has 2 rings (SSSR count). The van der Waals surface area contributed by atoms with Crippen LogP contribution >= 0.6 is 38.9 Å². The summed E-state index contributed by atoms with van der Waals surface area (Å²) >= 11 is 11.0. The normalized spacial score (nSPS) is 10.3. The largest absolute Gasteiger partial charge is 0.481 e. The van der Waals surface area contributed by atoms with Crippen LogP contribution in [0.5, 0.6) is 5.88 Å². The van der Waals surface area contributed by atoms with Crippen LogP contribution in [0.3, 0.4) is 0 Å². The van der Waals surface area contributed by atoms with Gasteiger partial charge in [-0.3, -0.25) is 0 Å². The van der Waals surface area contributed by atoms with Crippen LogP contribution in [-0.4, -0.2) is 12.1 Å². The molecule has 0 aromatic carbocycles. The molecule has 2 heterocycles. The molecule has 2 aromatic rings. The summed E-state index contributed by atoms with van der Waals surface area (Å²) in [5, 5.41) is 0.439. The minimum absolute atomic E-state index is 0.439.